The van der Waals surface area contributed by atoms with Crippen molar-refractivity contribution >= 4 is 40.6 Å². The molecule has 0 atom stereocenters. The number of benzene rings is 2. The summed E-state index contributed by atoms with van der Waals surface area (Å²) < 4.78 is 5.34. The van der Waals surface area contributed by atoms with Crippen molar-refractivity contribution < 1.29 is 9.53 Å². The maximum absolute atomic E-state index is 12.6. The van der Waals surface area contributed by atoms with E-state index in [2.05, 4.69) is 0 Å². The van der Waals surface area contributed by atoms with Gasteiger partial charge in [-0.15, -0.1) is 0 Å². The molecule has 0 aliphatic heterocycles. The lowest BCUT2D eigenvalue weighted by molar-refractivity contribution is 0.103. The predicted octanol–water partition coefficient (Wildman–Crippen LogP) is 5.58. The largest absolute Gasteiger partial charge is 0.492 e. The summed E-state index contributed by atoms with van der Waals surface area (Å²) in [6, 6.07) is 8.29. The first-order chi connectivity index (χ1) is 9.93. The third-order valence-corrected chi connectivity index (χ3v) is 3.86. The molecule has 0 saturated carbocycles. The second-order valence-corrected chi connectivity index (χ2v) is 5.73. The van der Waals surface area contributed by atoms with E-state index in [0.717, 1.165) is 5.56 Å². The Morgan fingerprint density at radius 1 is 1.00 bits per heavy atom. The number of carbonyl (C=O) groups excluding carboxylic acids is 1. The van der Waals surface area contributed by atoms with Crippen molar-refractivity contribution in [3.05, 3.63) is 62.1 Å². The Morgan fingerprint density at radius 2 is 1.67 bits per heavy atom. The van der Waals surface area contributed by atoms with Crippen molar-refractivity contribution in [1.29, 1.82) is 0 Å². The number of aryl methyl sites for hydroxylation is 1. The minimum Gasteiger partial charge on any atom is -0.492 e. The molecular weight excluding hydrogens is 331 g/mol. The highest BCUT2D eigenvalue weighted by Gasteiger charge is 2.18. The molecule has 0 amide bonds. The van der Waals surface area contributed by atoms with Gasteiger partial charge in [-0.3, -0.25) is 4.79 Å². The second kappa shape index (κ2) is 6.69. The summed E-state index contributed by atoms with van der Waals surface area (Å²) in [5.74, 6) is 0.186. The standard InChI is InChI=1S/C16H13Cl3O2/c1-3-21-15-8-13(18)11(7-14(15)19)16(20)10-5-4-9(2)6-12(10)17/h4-8H,3H2,1-2H3. The highest BCUT2D eigenvalue weighted by molar-refractivity contribution is 6.39. The van der Waals surface area contributed by atoms with Crippen LogP contribution in [0.2, 0.25) is 15.1 Å². The quantitative estimate of drug-likeness (QED) is 0.677. The van der Waals surface area contributed by atoms with Crippen LogP contribution < -0.4 is 4.74 Å². The first-order valence-electron chi connectivity index (χ1n) is 6.36. The van der Waals surface area contributed by atoms with E-state index in [-0.39, 0.29) is 10.8 Å². The Bertz CT molecular complexity index is 696. The fraction of sp³-hybridized carbons (Fsp3) is 0.188. The minimum atomic E-state index is -0.269. The van der Waals surface area contributed by atoms with Crippen LogP contribution in [0, 0.1) is 6.92 Å². The first-order valence-corrected chi connectivity index (χ1v) is 7.50. The van der Waals surface area contributed by atoms with Gasteiger partial charge in [-0.25, -0.2) is 0 Å². The van der Waals surface area contributed by atoms with Gasteiger partial charge in [-0.1, -0.05) is 40.9 Å². The molecule has 2 aromatic carbocycles. The van der Waals surface area contributed by atoms with E-state index in [0.29, 0.717) is 33.5 Å². The van der Waals surface area contributed by atoms with Gasteiger partial charge in [-0.2, -0.15) is 0 Å². The predicted molar refractivity (Wildman–Crippen MR) is 87.3 cm³/mol. The van der Waals surface area contributed by atoms with E-state index >= 15 is 0 Å². The molecule has 21 heavy (non-hydrogen) atoms. The number of halogens is 3. The van der Waals surface area contributed by atoms with Crippen LogP contribution in [0.25, 0.3) is 0 Å². The van der Waals surface area contributed by atoms with Crippen LogP contribution in [0.3, 0.4) is 0 Å². The average molecular weight is 344 g/mol. The van der Waals surface area contributed by atoms with Gasteiger partial charge in [0.15, 0.2) is 5.78 Å². The zero-order valence-corrected chi connectivity index (χ0v) is 13.8. The number of carbonyl (C=O) groups is 1. The maximum Gasteiger partial charge on any atom is 0.196 e. The summed E-state index contributed by atoms with van der Waals surface area (Å²) in [5, 5.41) is 1.01. The fourth-order valence-electron chi connectivity index (χ4n) is 1.92. The molecule has 0 aliphatic carbocycles. The molecule has 0 heterocycles. The molecule has 2 aromatic rings. The lowest BCUT2D eigenvalue weighted by atomic mass is 10.0. The lowest BCUT2D eigenvalue weighted by Crippen LogP contribution is -2.04. The Labute approximate surface area is 138 Å². The van der Waals surface area contributed by atoms with Crippen LogP contribution >= 0.6 is 34.8 Å². The summed E-state index contributed by atoms with van der Waals surface area (Å²) >= 11 is 18.4. The van der Waals surface area contributed by atoms with Crippen molar-refractivity contribution in [2.24, 2.45) is 0 Å². The molecule has 0 aromatic heterocycles. The molecule has 2 rings (SSSR count). The van der Waals surface area contributed by atoms with Crippen LogP contribution in [-0.4, -0.2) is 12.4 Å². The van der Waals surface area contributed by atoms with Gasteiger partial charge in [-0.05, 0) is 37.6 Å². The van der Waals surface area contributed by atoms with Crippen molar-refractivity contribution in [2.45, 2.75) is 13.8 Å². The average Bonchev–Trinajstić information content (AvgIpc) is 2.42. The highest BCUT2D eigenvalue weighted by atomic mass is 35.5. The summed E-state index contributed by atoms with van der Waals surface area (Å²) in [4.78, 5) is 12.6. The summed E-state index contributed by atoms with van der Waals surface area (Å²) in [6.45, 7) is 4.21. The van der Waals surface area contributed by atoms with Crippen LogP contribution in [-0.2, 0) is 0 Å². The van der Waals surface area contributed by atoms with Gasteiger partial charge in [0.1, 0.15) is 5.75 Å². The fourth-order valence-corrected chi connectivity index (χ4v) is 2.70. The smallest absolute Gasteiger partial charge is 0.196 e. The number of rotatable bonds is 4. The first kappa shape index (κ1) is 16.2. The Morgan fingerprint density at radius 3 is 2.29 bits per heavy atom. The van der Waals surface area contributed by atoms with Gasteiger partial charge in [0.25, 0.3) is 0 Å². The zero-order valence-electron chi connectivity index (χ0n) is 11.5. The third-order valence-electron chi connectivity index (χ3n) is 2.94. The SMILES string of the molecule is CCOc1cc(Cl)c(C(=O)c2ccc(C)cc2Cl)cc1Cl. The maximum atomic E-state index is 12.6. The van der Waals surface area contributed by atoms with Gasteiger partial charge >= 0.3 is 0 Å². The molecule has 0 saturated heterocycles. The molecule has 0 N–H and O–H groups in total. The molecule has 0 aliphatic rings. The third kappa shape index (κ3) is 3.52. The van der Waals surface area contributed by atoms with Crippen LogP contribution in [0.4, 0.5) is 0 Å². The number of hydrogen-bond donors (Lipinski definition) is 0. The normalized spacial score (nSPS) is 10.5. The van der Waals surface area contributed by atoms with Crippen LogP contribution in [0.5, 0.6) is 5.75 Å². The molecule has 0 fully saturated rings. The molecule has 5 heteroatoms. The van der Waals surface area contributed by atoms with Crippen molar-refractivity contribution in [3.63, 3.8) is 0 Å². The Hall–Kier alpha value is -1.22. The van der Waals surface area contributed by atoms with Crippen LogP contribution in [0.1, 0.15) is 28.4 Å². The number of ether oxygens (including phenoxy) is 1. The number of ketones is 1. The summed E-state index contributed by atoms with van der Waals surface area (Å²) in [5.41, 5.74) is 1.67. The van der Waals surface area contributed by atoms with Gasteiger partial charge in [0, 0.05) is 17.2 Å². The second-order valence-electron chi connectivity index (χ2n) is 4.51. The highest BCUT2D eigenvalue weighted by Crippen LogP contribution is 2.33. The molecule has 0 radical (unpaired) electrons. The monoisotopic (exact) mass is 342 g/mol. The molecule has 0 bridgehead atoms. The topological polar surface area (TPSA) is 26.3 Å². The molecule has 2 nitrogen and oxygen atoms in total. The Kier molecular flexibility index (Phi) is 5.15. The van der Waals surface area contributed by atoms with E-state index < -0.39 is 0 Å². The van der Waals surface area contributed by atoms with Crippen molar-refractivity contribution in [1.82, 2.24) is 0 Å². The lowest BCUT2D eigenvalue weighted by Gasteiger charge is -2.10. The van der Waals surface area contributed by atoms with Crippen molar-refractivity contribution in [2.75, 3.05) is 6.61 Å². The van der Waals surface area contributed by atoms with Crippen molar-refractivity contribution in [3.8, 4) is 5.75 Å². The van der Waals surface area contributed by atoms with E-state index in [4.69, 9.17) is 39.5 Å². The minimum absolute atomic E-state index is 0.269. The zero-order chi connectivity index (χ0) is 15.6. The van der Waals surface area contributed by atoms with E-state index in [1.165, 1.54) is 6.07 Å². The molecule has 110 valence electrons. The summed E-state index contributed by atoms with van der Waals surface area (Å²) in [6.07, 6.45) is 0. The summed E-state index contributed by atoms with van der Waals surface area (Å²) in [7, 11) is 0. The number of hydrogen-bond acceptors (Lipinski definition) is 2. The van der Waals surface area contributed by atoms with E-state index in [1.807, 2.05) is 19.9 Å². The molecular formula is C16H13Cl3O2. The van der Waals surface area contributed by atoms with Gasteiger partial charge in [0.2, 0.25) is 0 Å². The molecule has 0 spiro atoms. The van der Waals surface area contributed by atoms with Crippen LogP contribution in [0.15, 0.2) is 30.3 Å². The molecule has 0 unspecified atom stereocenters. The van der Waals surface area contributed by atoms with E-state index in [9.17, 15) is 4.79 Å². The van der Waals surface area contributed by atoms with E-state index in [1.54, 1.807) is 18.2 Å². The van der Waals surface area contributed by atoms with Gasteiger partial charge in [0.05, 0.1) is 21.7 Å². The Balaban J connectivity index is 2.46. The van der Waals surface area contributed by atoms with Gasteiger partial charge < -0.3 is 4.74 Å².